The second kappa shape index (κ2) is 10.2. The molecule has 3 aromatic rings. The maximum Gasteiger partial charge on any atom is 0.248 e. The predicted octanol–water partition coefficient (Wildman–Crippen LogP) is 5.35. The van der Waals surface area contributed by atoms with Crippen LogP contribution in [0.2, 0.25) is 0 Å². The molecule has 34 heavy (non-hydrogen) atoms. The number of benzene rings is 2. The van der Waals surface area contributed by atoms with Crippen molar-refractivity contribution < 1.29 is 23.1 Å². The summed E-state index contributed by atoms with van der Waals surface area (Å²) in [5.74, 6) is -0.610. The van der Waals surface area contributed by atoms with Gasteiger partial charge >= 0.3 is 0 Å². The molecule has 1 saturated heterocycles. The maximum absolute atomic E-state index is 13.3. The van der Waals surface area contributed by atoms with Crippen molar-refractivity contribution in [3.63, 3.8) is 0 Å². The van der Waals surface area contributed by atoms with E-state index >= 15 is 0 Å². The number of aromatic nitrogens is 2. The zero-order valence-electron chi connectivity index (χ0n) is 19.3. The molecule has 2 unspecified atom stereocenters. The number of aryl methyl sites for hydroxylation is 1. The lowest BCUT2D eigenvalue weighted by molar-refractivity contribution is -0.111. The molecular formula is C25H28FN3O4P. The highest BCUT2D eigenvalue weighted by Gasteiger charge is 2.37. The lowest BCUT2D eigenvalue weighted by Gasteiger charge is -2.39. The standard InChI is InChI=1S/C25H28FN3O4P/c1-17-14-18(2)33-34(31,32-17)16-19-4-11-23(12-5-19)28-24(30)13-8-21-15-27-29(3)25(21)20-6-9-22(26)10-7-20/h4-13,15,17-18,31H,14,16H2,1-3H3,(H,28,30). The van der Waals surface area contributed by atoms with Gasteiger partial charge in [-0.3, -0.25) is 9.48 Å². The molecule has 0 spiro atoms. The molecule has 7 nitrogen and oxygen atoms in total. The van der Waals surface area contributed by atoms with Crippen molar-refractivity contribution in [2.45, 2.75) is 38.6 Å². The summed E-state index contributed by atoms with van der Waals surface area (Å²) in [7, 11) is -1.15. The first kappa shape index (κ1) is 24.2. The quantitative estimate of drug-likeness (QED) is 0.364. The van der Waals surface area contributed by atoms with E-state index in [1.165, 1.54) is 18.2 Å². The van der Waals surface area contributed by atoms with Gasteiger partial charge in [-0.15, -0.1) is 0 Å². The zero-order valence-corrected chi connectivity index (χ0v) is 20.2. The van der Waals surface area contributed by atoms with E-state index in [4.69, 9.17) is 9.05 Å². The third-order valence-corrected chi connectivity index (χ3v) is 7.60. The largest absolute Gasteiger partial charge is 0.335 e. The third-order valence-electron chi connectivity index (χ3n) is 5.46. The number of rotatable bonds is 6. The van der Waals surface area contributed by atoms with E-state index in [2.05, 4.69) is 10.4 Å². The number of halogens is 1. The summed E-state index contributed by atoms with van der Waals surface area (Å²) in [6.07, 6.45) is 5.72. The highest BCUT2D eigenvalue weighted by Crippen LogP contribution is 2.64. The van der Waals surface area contributed by atoms with Gasteiger partial charge in [-0.05, 0) is 61.9 Å². The minimum atomic E-state index is -2.94. The fraction of sp³-hybridized carbons (Fsp3) is 0.280. The average molecular weight is 484 g/mol. The van der Waals surface area contributed by atoms with E-state index in [1.807, 2.05) is 26.0 Å². The van der Waals surface area contributed by atoms with Crippen molar-refractivity contribution in [1.82, 2.24) is 9.78 Å². The van der Waals surface area contributed by atoms with Crippen LogP contribution in [-0.4, -0.2) is 32.8 Å². The van der Waals surface area contributed by atoms with E-state index in [0.29, 0.717) is 11.8 Å². The molecular weight excluding hydrogens is 456 g/mol. The van der Waals surface area contributed by atoms with Crippen molar-refractivity contribution in [3.8, 4) is 11.3 Å². The summed E-state index contributed by atoms with van der Waals surface area (Å²) >= 11 is 0. The second-order valence-corrected chi connectivity index (χ2v) is 10.5. The van der Waals surface area contributed by atoms with E-state index in [0.717, 1.165) is 28.8 Å². The molecule has 179 valence electrons. The van der Waals surface area contributed by atoms with Crippen molar-refractivity contribution in [1.29, 1.82) is 0 Å². The molecule has 2 atom stereocenters. The van der Waals surface area contributed by atoms with E-state index in [1.54, 1.807) is 48.3 Å². The van der Waals surface area contributed by atoms with Crippen LogP contribution in [0.5, 0.6) is 0 Å². The van der Waals surface area contributed by atoms with Crippen LogP contribution in [0.4, 0.5) is 10.1 Å². The van der Waals surface area contributed by atoms with Gasteiger partial charge in [0.2, 0.25) is 13.9 Å². The van der Waals surface area contributed by atoms with Gasteiger partial charge in [0.25, 0.3) is 0 Å². The molecule has 1 radical (unpaired) electrons. The summed E-state index contributed by atoms with van der Waals surface area (Å²) in [5, 5.41) is 7.07. The van der Waals surface area contributed by atoms with E-state index in [9.17, 15) is 14.1 Å². The molecule has 0 aliphatic carbocycles. The van der Waals surface area contributed by atoms with Crippen LogP contribution in [0, 0.1) is 5.82 Å². The number of hydrogen-bond donors (Lipinski definition) is 2. The first-order valence-corrected chi connectivity index (χ1v) is 12.8. The lowest BCUT2D eigenvalue weighted by Crippen LogP contribution is -2.27. The highest BCUT2D eigenvalue weighted by atomic mass is 31.2. The minimum absolute atomic E-state index is 0.0455. The zero-order chi connectivity index (χ0) is 24.3. The molecule has 0 saturated carbocycles. The third kappa shape index (κ3) is 5.96. The van der Waals surface area contributed by atoms with Crippen molar-refractivity contribution in [3.05, 3.63) is 77.7 Å². The van der Waals surface area contributed by atoms with Crippen molar-refractivity contribution in [2.75, 3.05) is 5.32 Å². The number of anilines is 1. The Labute approximate surface area is 198 Å². The number of nitrogens with one attached hydrogen (secondary N) is 1. The number of amides is 1. The lowest BCUT2D eigenvalue weighted by atomic mass is 10.1. The van der Waals surface area contributed by atoms with Crippen LogP contribution in [0.3, 0.4) is 0 Å². The normalized spacial score (nSPS) is 22.7. The Morgan fingerprint density at radius 2 is 1.82 bits per heavy atom. The molecule has 2 aromatic carbocycles. The predicted molar refractivity (Wildman–Crippen MR) is 131 cm³/mol. The fourth-order valence-electron chi connectivity index (χ4n) is 4.03. The summed E-state index contributed by atoms with van der Waals surface area (Å²) in [6.45, 7) is 3.87. The van der Waals surface area contributed by atoms with Crippen LogP contribution in [0.15, 0.2) is 60.8 Å². The fourth-order valence-corrected chi connectivity index (χ4v) is 6.19. The molecule has 1 aromatic heterocycles. The molecule has 9 heteroatoms. The monoisotopic (exact) mass is 484 g/mol. The Balaban J connectivity index is 1.39. The highest BCUT2D eigenvalue weighted by molar-refractivity contribution is 7.59. The summed E-state index contributed by atoms with van der Waals surface area (Å²) in [4.78, 5) is 23.2. The van der Waals surface area contributed by atoms with Gasteiger partial charge in [-0.2, -0.15) is 5.10 Å². The summed E-state index contributed by atoms with van der Waals surface area (Å²) < 4.78 is 26.4. The SMILES string of the molecule is CC1CC(C)O[P](O)(Cc2ccc(NC(=O)C=Cc3cnn(C)c3-c3ccc(F)cc3)cc2)O1. The number of carbonyl (C=O) groups is 1. The van der Waals surface area contributed by atoms with Gasteiger partial charge in [-0.25, -0.2) is 4.39 Å². The van der Waals surface area contributed by atoms with Crippen LogP contribution in [0.1, 0.15) is 31.4 Å². The number of nitrogens with zero attached hydrogens (tertiary/aromatic N) is 2. The number of hydrogen-bond acceptors (Lipinski definition) is 5. The molecule has 1 fully saturated rings. The van der Waals surface area contributed by atoms with Crippen LogP contribution < -0.4 is 5.32 Å². The average Bonchev–Trinajstić information content (AvgIpc) is 3.13. The van der Waals surface area contributed by atoms with Crippen molar-refractivity contribution >= 4 is 25.6 Å². The Kier molecular flexibility index (Phi) is 7.24. The van der Waals surface area contributed by atoms with E-state index < -0.39 is 7.94 Å². The topological polar surface area (TPSA) is 85.6 Å². The molecule has 4 rings (SSSR count). The molecule has 1 aliphatic heterocycles. The first-order chi connectivity index (χ1) is 16.2. The van der Waals surface area contributed by atoms with Crippen LogP contribution >= 0.6 is 7.94 Å². The summed E-state index contributed by atoms with van der Waals surface area (Å²) in [6, 6.07) is 13.4. The van der Waals surface area contributed by atoms with E-state index in [-0.39, 0.29) is 23.9 Å². The Bertz CT molecular complexity index is 1170. The number of carbonyl (C=O) groups excluding carboxylic acids is 1. The van der Waals surface area contributed by atoms with Gasteiger partial charge in [0.05, 0.1) is 30.3 Å². The van der Waals surface area contributed by atoms with Gasteiger partial charge in [-0.1, -0.05) is 12.1 Å². The van der Waals surface area contributed by atoms with Gasteiger partial charge < -0.3 is 19.3 Å². The Hall–Kier alpha value is -2.90. The smallest absolute Gasteiger partial charge is 0.248 e. The maximum atomic E-state index is 13.3. The minimum Gasteiger partial charge on any atom is -0.335 e. The first-order valence-electron chi connectivity index (χ1n) is 11.0. The van der Waals surface area contributed by atoms with Crippen molar-refractivity contribution in [2.24, 2.45) is 7.05 Å². The molecule has 2 N–H and O–H groups in total. The van der Waals surface area contributed by atoms with Gasteiger partial charge in [0.1, 0.15) is 5.82 Å². The summed E-state index contributed by atoms with van der Waals surface area (Å²) in [5.41, 5.74) is 3.82. The second-order valence-electron chi connectivity index (χ2n) is 8.46. The Morgan fingerprint density at radius 1 is 1.18 bits per heavy atom. The molecule has 1 aliphatic rings. The molecule has 2 heterocycles. The van der Waals surface area contributed by atoms with Gasteiger partial charge in [0, 0.05) is 36.4 Å². The molecule has 0 bridgehead atoms. The van der Waals surface area contributed by atoms with Crippen LogP contribution in [0.25, 0.3) is 17.3 Å². The van der Waals surface area contributed by atoms with Crippen LogP contribution in [-0.2, 0) is 27.1 Å². The Morgan fingerprint density at radius 3 is 2.47 bits per heavy atom. The van der Waals surface area contributed by atoms with Gasteiger partial charge in [0.15, 0.2) is 0 Å². The molecule has 1 amide bonds.